The molecule has 100 valence electrons. The van der Waals surface area contributed by atoms with Crippen molar-refractivity contribution in [1.29, 1.82) is 0 Å². The van der Waals surface area contributed by atoms with Crippen molar-refractivity contribution >= 4 is 21.9 Å². The lowest BCUT2D eigenvalue weighted by molar-refractivity contribution is 0.232. The van der Waals surface area contributed by atoms with E-state index in [0.717, 1.165) is 30.1 Å². The molecule has 1 saturated heterocycles. The fourth-order valence-electron chi connectivity index (χ4n) is 2.11. The Bertz CT molecular complexity index is 411. The molecule has 2 rings (SSSR count). The summed E-state index contributed by atoms with van der Waals surface area (Å²) in [6.45, 7) is 8.05. The van der Waals surface area contributed by atoms with E-state index in [4.69, 9.17) is 4.74 Å². The molecule has 1 aromatic heterocycles. The summed E-state index contributed by atoms with van der Waals surface area (Å²) < 4.78 is 5.66. The van der Waals surface area contributed by atoms with E-state index in [-0.39, 0.29) is 6.10 Å². The summed E-state index contributed by atoms with van der Waals surface area (Å²) in [5, 5.41) is 1.05. The Morgan fingerprint density at radius 2 is 2.28 bits per heavy atom. The van der Waals surface area contributed by atoms with Gasteiger partial charge >= 0.3 is 0 Å². The zero-order valence-electron chi connectivity index (χ0n) is 11.2. The van der Waals surface area contributed by atoms with Gasteiger partial charge in [-0.2, -0.15) is 4.98 Å². The van der Waals surface area contributed by atoms with Crippen LogP contribution in [0.25, 0.3) is 0 Å². The van der Waals surface area contributed by atoms with Crippen molar-refractivity contribution in [2.45, 2.75) is 33.3 Å². The SMILES string of the molecule is Cc1cc(OC(C)C)nc(N2CCC(CBr)C2)n1. The molecule has 0 aliphatic carbocycles. The molecule has 0 saturated carbocycles. The minimum Gasteiger partial charge on any atom is -0.475 e. The van der Waals surface area contributed by atoms with Crippen LogP contribution in [0.3, 0.4) is 0 Å². The maximum atomic E-state index is 5.66. The minimum atomic E-state index is 0.140. The van der Waals surface area contributed by atoms with Crippen LogP contribution < -0.4 is 9.64 Å². The second-order valence-corrected chi connectivity index (χ2v) is 5.72. The van der Waals surface area contributed by atoms with Crippen LogP contribution in [0, 0.1) is 12.8 Å². The summed E-state index contributed by atoms with van der Waals surface area (Å²) in [7, 11) is 0. The maximum Gasteiger partial charge on any atom is 0.228 e. The van der Waals surface area contributed by atoms with Gasteiger partial charge in [-0.15, -0.1) is 0 Å². The standard InChI is InChI=1S/C13H20BrN3O/c1-9(2)18-12-6-10(3)15-13(16-12)17-5-4-11(7-14)8-17/h6,9,11H,4-5,7-8H2,1-3H3. The number of nitrogens with zero attached hydrogens (tertiary/aromatic N) is 3. The molecule has 0 N–H and O–H groups in total. The summed E-state index contributed by atoms with van der Waals surface area (Å²) in [5.41, 5.74) is 0.956. The van der Waals surface area contributed by atoms with Gasteiger partial charge in [-0.05, 0) is 33.1 Å². The van der Waals surface area contributed by atoms with E-state index < -0.39 is 0 Å². The van der Waals surface area contributed by atoms with Crippen LogP contribution in [0.1, 0.15) is 26.0 Å². The normalized spacial score (nSPS) is 19.6. The second kappa shape index (κ2) is 5.87. The van der Waals surface area contributed by atoms with Gasteiger partial charge in [-0.25, -0.2) is 4.98 Å². The van der Waals surface area contributed by atoms with Crippen molar-refractivity contribution in [3.05, 3.63) is 11.8 Å². The van der Waals surface area contributed by atoms with Crippen LogP contribution in [-0.4, -0.2) is 34.5 Å². The van der Waals surface area contributed by atoms with Crippen LogP contribution in [-0.2, 0) is 0 Å². The highest BCUT2D eigenvalue weighted by Gasteiger charge is 2.24. The van der Waals surface area contributed by atoms with Gasteiger partial charge in [0, 0.05) is 30.2 Å². The van der Waals surface area contributed by atoms with Gasteiger partial charge < -0.3 is 9.64 Å². The van der Waals surface area contributed by atoms with Crippen molar-refractivity contribution in [3.63, 3.8) is 0 Å². The van der Waals surface area contributed by atoms with Gasteiger partial charge in [0.25, 0.3) is 0 Å². The van der Waals surface area contributed by atoms with E-state index in [9.17, 15) is 0 Å². The lowest BCUT2D eigenvalue weighted by Gasteiger charge is -2.18. The van der Waals surface area contributed by atoms with Crippen LogP contribution in [0.5, 0.6) is 5.88 Å². The molecule has 1 aromatic rings. The first-order valence-corrected chi connectivity index (χ1v) is 7.54. The molecule has 1 atom stereocenters. The highest BCUT2D eigenvalue weighted by molar-refractivity contribution is 9.09. The summed E-state index contributed by atoms with van der Waals surface area (Å²) in [4.78, 5) is 11.3. The zero-order chi connectivity index (χ0) is 13.1. The number of hydrogen-bond donors (Lipinski definition) is 0. The largest absolute Gasteiger partial charge is 0.475 e. The molecule has 0 radical (unpaired) electrons. The average molecular weight is 314 g/mol. The van der Waals surface area contributed by atoms with E-state index in [1.807, 2.05) is 26.8 Å². The predicted octanol–water partition coefficient (Wildman–Crippen LogP) is 2.79. The van der Waals surface area contributed by atoms with Gasteiger partial charge in [0.2, 0.25) is 11.8 Å². The predicted molar refractivity (Wildman–Crippen MR) is 76.6 cm³/mol. The Balaban J connectivity index is 2.15. The molecule has 4 nitrogen and oxygen atoms in total. The molecular formula is C13H20BrN3O. The molecule has 2 heterocycles. The van der Waals surface area contributed by atoms with Gasteiger partial charge in [0.15, 0.2) is 0 Å². The third-order valence-electron chi connectivity index (χ3n) is 2.96. The van der Waals surface area contributed by atoms with Gasteiger partial charge in [0.05, 0.1) is 6.10 Å². The van der Waals surface area contributed by atoms with E-state index in [1.54, 1.807) is 0 Å². The topological polar surface area (TPSA) is 38.2 Å². The first-order chi connectivity index (χ1) is 8.58. The molecule has 0 bridgehead atoms. The fourth-order valence-corrected chi connectivity index (χ4v) is 2.64. The van der Waals surface area contributed by atoms with Gasteiger partial charge in [0.1, 0.15) is 0 Å². The van der Waals surface area contributed by atoms with Crippen molar-refractivity contribution < 1.29 is 4.74 Å². The smallest absolute Gasteiger partial charge is 0.228 e. The van der Waals surface area contributed by atoms with Crippen molar-refractivity contribution in [2.75, 3.05) is 23.3 Å². The highest BCUT2D eigenvalue weighted by atomic mass is 79.9. The van der Waals surface area contributed by atoms with Gasteiger partial charge in [-0.3, -0.25) is 0 Å². The lowest BCUT2D eigenvalue weighted by atomic mass is 10.2. The van der Waals surface area contributed by atoms with Crippen molar-refractivity contribution in [3.8, 4) is 5.88 Å². The first kappa shape index (κ1) is 13.6. The number of rotatable bonds is 4. The van der Waals surface area contributed by atoms with Crippen LogP contribution in [0.2, 0.25) is 0 Å². The quantitative estimate of drug-likeness (QED) is 0.801. The first-order valence-electron chi connectivity index (χ1n) is 6.41. The number of halogens is 1. The molecule has 0 aromatic carbocycles. The van der Waals surface area contributed by atoms with E-state index in [1.165, 1.54) is 6.42 Å². The monoisotopic (exact) mass is 313 g/mol. The highest BCUT2D eigenvalue weighted by Crippen LogP contribution is 2.24. The molecule has 1 aliphatic heterocycles. The maximum absolute atomic E-state index is 5.66. The van der Waals surface area contributed by atoms with Crippen molar-refractivity contribution in [2.24, 2.45) is 5.92 Å². The Morgan fingerprint density at radius 1 is 1.50 bits per heavy atom. The Hall–Kier alpha value is -0.840. The summed E-state index contributed by atoms with van der Waals surface area (Å²) in [5.74, 6) is 2.17. The number of hydrogen-bond acceptors (Lipinski definition) is 4. The Morgan fingerprint density at radius 3 is 2.89 bits per heavy atom. The molecule has 0 spiro atoms. The molecule has 0 amide bonds. The number of aryl methyl sites for hydroxylation is 1. The van der Waals surface area contributed by atoms with E-state index in [0.29, 0.717) is 11.8 Å². The summed E-state index contributed by atoms with van der Waals surface area (Å²) in [6.07, 6.45) is 1.34. The summed E-state index contributed by atoms with van der Waals surface area (Å²) in [6, 6.07) is 1.89. The average Bonchev–Trinajstić information content (AvgIpc) is 2.75. The number of anilines is 1. The fraction of sp³-hybridized carbons (Fsp3) is 0.692. The van der Waals surface area contributed by atoms with Crippen LogP contribution >= 0.6 is 15.9 Å². The van der Waals surface area contributed by atoms with Gasteiger partial charge in [-0.1, -0.05) is 15.9 Å². The number of alkyl halides is 1. The minimum absolute atomic E-state index is 0.140. The number of aromatic nitrogens is 2. The van der Waals surface area contributed by atoms with Crippen LogP contribution in [0.15, 0.2) is 6.07 Å². The van der Waals surface area contributed by atoms with E-state index >= 15 is 0 Å². The molecule has 1 fully saturated rings. The Kier molecular flexibility index (Phi) is 4.43. The number of ether oxygens (including phenoxy) is 1. The third kappa shape index (κ3) is 3.34. The molecular weight excluding hydrogens is 294 g/mol. The lowest BCUT2D eigenvalue weighted by Crippen LogP contribution is -2.23. The molecule has 1 aliphatic rings. The molecule has 5 heteroatoms. The van der Waals surface area contributed by atoms with E-state index in [2.05, 4.69) is 30.8 Å². The summed E-state index contributed by atoms with van der Waals surface area (Å²) >= 11 is 3.55. The zero-order valence-corrected chi connectivity index (χ0v) is 12.8. The van der Waals surface area contributed by atoms with Crippen LogP contribution in [0.4, 0.5) is 5.95 Å². The molecule has 1 unspecified atom stereocenters. The molecule has 18 heavy (non-hydrogen) atoms. The Labute approximate surface area is 117 Å². The third-order valence-corrected chi connectivity index (χ3v) is 3.88. The van der Waals surface area contributed by atoms with Crippen molar-refractivity contribution in [1.82, 2.24) is 9.97 Å². The second-order valence-electron chi connectivity index (χ2n) is 5.07.